The summed E-state index contributed by atoms with van der Waals surface area (Å²) >= 11 is 6.42. The topological polar surface area (TPSA) is 262 Å². The number of benzene rings is 5. The molecule has 436 valence electrons. The van der Waals surface area contributed by atoms with E-state index in [1.165, 1.54) is 25.4 Å². The summed E-state index contributed by atoms with van der Waals surface area (Å²) in [6.07, 6.45) is 1.24. The normalized spacial score (nSPS) is 13.5. The van der Waals surface area contributed by atoms with Crippen molar-refractivity contribution in [2.45, 2.75) is 54.7 Å². The predicted octanol–water partition coefficient (Wildman–Crippen LogP) is 7.18. The minimum absolute atomic E-state index is 0.00748. The van der Waals surface area contributed by atoms with Crippen LogP contribution in [0.15, 0.2) is 119 Å². The molecule has 1 aliphatic heterocycles. The Balaban J connectivity index is 0.693. The Morgan fingerprint density at radius 2 is 1.55 bits per heavy atom. The number of fused-ring (bicyclic) bond motifs is 1. The van der Waals surface area contributed by atoms with Crippen LogP contribution in [-0.4, -0.2) is 160 Å². The summed E-state index contributed by atoms with van der Waals surface area (Å²) in [4.78, 5) is 40.3. The fourth-order valence-corrected chi connectivity index (χ4v) is 11.5. The molecule has 1 aliphatic rings. The molecule has 0 spiro atoms. The van der Waals surface area contributed by atoms with Crippen molar-refractivity contribution in [3.05, 3.63) is 137 Å². The molecule has 82 heavy (non-hydrogen) atoms. The molecule has 5 aromatic carbocycles. The second-order valence-electron chi connectivity index (χ2n) is 19.9. The van der Waals surface area contributed by atoms with Gasteiger partial charge in [0.05, 0.1) is 73.4 Å². The lowest BCUT2D eigenvalue weighted by atomic mass is 9.86. The first-order valence-electron chi connectivity index (χ1n) is 26.6. The largest absolute Gasteiger partial charge is 0.494 e. The molecular weight excluding hydrogens is 1110 g/mol. The van der Waals surface area contributed by atoms with Gasteiger partial charge in [-0.1, -0.05) is 47.1 Å². The number of hydrogen-bond donors (Lipinski definition) is 4. The maximum absolute atomic E-state index is 13.4. The number of likely N-dealkylation sites (N-methyl/N-ethyl adjacent to an activating group) is 1. The Labute approximate surface area is 482 Å². The lowest BCUT2D eigenvalue weighted by Gasteiger charge is -2.36. The van der Waals surface area contributed by atoms with Crippen molar-refractivity contribution in [3.63, 3.8) is 0 Å². The van der Waals surface area contributed by atoms with Gasteiger partial charge in [0.15, 0.2) is 15.7 Å². The molecule has 8 rings (SSSR count). The number of sulfonamides is 1. The summed E-state index contributed by atoms with van der Waals surface area (Å²) in [6.45, 7) is 10.3. The number of nitrogens with one attached hydrogen (secondary N) is 3. The van der Waals surface area contributed by atoms with Crippen LogP contribution in [0.3, 0.4) is 0 Å². The van der Waals surface area contributed by atoms with E-state index >= 15 is 0 Å². The fourth-order valence-electron chi connectivity index (χ4n) is 9.15. The number of aromatic nitrogens is 5. The van der Waals surface area contributed by atoms with Crippen LogP contribution in [0.4, 0.5) is 28.8 Å². The van der Waals surface area contributed by atoms with Crippen molar-refractivity contribution in [2.24, 2.45) is 7.05 Å². The molecule has 1 saturated heterocycles. The van der Waals surface area contributed by atoms with Crippen LogP contribution in [0.25, 0.3) is 11.0 Å². The Morgan fingerprint density at radius 3 is 2.26 bits per heavy atom. The molecule has 1 amide bonds. The number of carboxylic acid groups (broad SMARTS) is 1. The van der Waals surface area contributed by atoms with Gasteiger partial charge in [0.25, 0.3) is 0 Å². The van der Waals surface area contributed by atoms with Gasteiger partial charge in [-0.3, -0.25) is 14.5 Å². The quantitative estimate of drug-likeness (QED) is 0.0354. The van der Waals surface area contributed by atoms with E-state index in [4.69, 9.17) is 30.5 Å². The molecule has 4 N–H and O–H groups in total. The van der Waals surface area contributed by atoms with Crippen molar-refractivity contribution >= 4 is 83.2 Å². The number of para-hydroxylation sites is 1. The molecule has 2 aromatic heterocycles. The van der Waals surface area contributed by atoms with Crippen LogP contribution in [0.5, 0.6) is 11.5 Å². The van der Waals surface area contributed by atoms with E-state index in [1.54, 1.807) is 86.1 Å². The first-order chi connectivity index (χ1) is 39.3. The highest BCUT2D eigenvalue weighted by Gasteiger charge is 2.26. The molecule has 1 fully saturated rings. The maximum atomic E-state index is 13.4. The first-order valence-corrected chi connectivity index (χ1v) is 30.0. The lowest BCUT2D eigenvalue weighted by molar-refractivity contribution is -0.137. The number of piperazine rings is 1. The van der Waals surface area contributed by atoms with Gasteiger partial charge in [0.1, 0.15) is 34.2 Å². The van der Waals surface area contributed by atoms with Crippen LogP contribution in [0.2, 0.25) is 5.02 Å². The van der Waals surface area contributed by atoms with E-state index < -0.39 is 37.0 Å². The van der Waals surface area contributed by atoms with Crippen LogP contribution < -0.4 is 29.7 Å². The SMILES string of the molecule is COc1cc(C(CC(=O)O)c2ccc(C)c(CNS(=O)(=O)c3ccc(OCCOCCOCCN(C)C(=O)CN4CCN(c5ccc(Nc6ncc(Cl)c(Nc7ccccc7S(=O)(=O)C(C)C)n6)cc5)CC4)cc3)c2)cc2nnn(C)c12. The fraction of sp³-hybridized carbons (Fsp3) is 0.368. The molecule has 3 heterocycles. The highest BCUT2D eigenvalue weighted by Crippen LogP contribution is 2.36. The summed E-state index contributed by atoms with van der Waals surface area (Å²) in [5.41, 5.74) is 6.30. The average Bonchev–Trinajstić information content (AvgIpc) is 4.08. The second-order valence-corrected chi connectivity index (χ2v) is 24.5. The number of carbonyl (C=O) groups excluding carboxylic acids is 1. The molecule has 1 atom stereocenters. The summed E-state index contributed by atoms with van der Waals surface area (Å²) < 4.78 is 79.8. The van der Waals surface area contributed by atoms with Gasteiger partial charge >= 0.3 is 5.97 Å². The highest BCUT2D eigenvalue weighted by atomic mass is 35.5. The zero-order valence-corrected chi connectivity index (χ0v) is 48.9. The Morgan fingerprint density at radius 1 is 0.841 bits per heavy atom. The Bertz CT molecular complexity index is 3570. The van der Waals surface area contributed by atoms with Crippen LogP contribution in [-0.2, 0) is 52.5 Å². The van der Waals surface area contributed by atoms with E-state index in [1.807, 2.05) is 49.4 Å². The number of carbonyl (C=O) groups is 2. The van der Waals surface area contributed by atoms with Crippen molar-refractivity contribution < 1.29 is 50.5 Å². The number of hydrogen-bond acceptors (Lipinski definition) is 18. The van der Waals surface area contributed by atoms with Gasteiger partial charge in [-0.25, -0.2) is 31.2 Å². The standard InChI is InChI=1S/C57H68ClN11O11S2/c1-38(2)81(73,74)52-10-8-7-9-49(52)62-56-48(58)36-59-57(63-56)61-43-13-15-44(16-14-43)69-23-21-68(22-24-69)37-53(70)66(4)25-26-78-27-28-79-29-30-80-45-17-19-46(20-18-45)82(75,76)60-35-42-31-40(12-11-39(42)3)47(34-54(71)72)41-32-50-55(51(33-41)77-6)67(5)65-64-50/h7-20,31-33,36,38,47,60H,21-30,34-35,37H2,1-6H3,(H,71,72)(H2,59,61,62,63). The number of aryl methyl sites for hydroxylation is 2. The highest BCUT2D eigenvalue weighted by molar-refractivity contribution is 7.92. The molecule has 25 heteroatoms. The van der Waals surface area contributed by atoms with E-state index in [-0.39, 0.29) is 58.7 Å². The van der Waals surface area contributed by atoms with Gasteiger partial charge < -0.3 is 44.5 Å². The van der Waals surface area contributed by atoms with Crippen LogP contribution in [0.1, 0.15) is 48.4 Å². The zero-order valence-electron chi connectivity index (χ0n) is 46.5. The number of amides is 1. The van der Waals surface area contributed by atoms with E-state index in [9.17, 15) is 31.5 Å². The van der Waals surface area contributed by atoms with Crippen LogP contribution in [0, 0.1) is 6.92 Å². The molecule has 0 aliphatic carbocycles. The molecular formula is C57H68ClN11O11S2. The lowest BCUT2D eigenvalue weighted by Crippen LogP contribution is -2.50. The number of carboxylic acids is 1. The third-order valence-electron chi connectivity index (χ3n) is 13.9. The minimum atomic E-state index is -3.93. The maximum Gasteiger partial charge on any atom is 0.304 e. The molecule has 0 radical (unpaired) electrons. The van der Waals surface area contributed by atoms with E-state index in [2.05, 4.69) is 45.4 Å². The summed E-state index contributed by atoms with van der Waals surface area (Å²) in [7, 11) is -2.45. The van der Waals surface area contributed by atoms with E-state index in [0.29, 0.717) is 77.8 Å². The van der Waals surface area contributed by atoms with Crippen molar-refractivity contribution in [3.8, 4) is 11.5 Å². The number of aliphatic carboxylic acids is 1. The van der Waals surface area contributed by atoms with Crippen LogP contribution >= 0.6 is 11.6 Å². The molecule has 1 unspecified atom stereocenters. The summed E-state index contributed by atoms with van der Waals surface area (Å²) in [6, 6.07) is 29.7. The number of nitrogens with zero attached hydrogens (tertiary/aromatic N) is 8. The first kappa shape index (κ1) is 60.6. The summed E-state index contributed by atoms with van der Waals surface area (Å²) in [5, 5.41) is 24.1. The second kappa shape index (κ2) is 27.5. The molecule has 22 nitrogen and oxygen atoms in total. The molecule has 0 saturated carbocycles. The number of rotatable bonds is 28. The monoisotopic (exact) mass is 1180 g/mol. The number of anilines is 5. The third kappa shape index (κ3) is 15.5. The number of halogens is 1. The Hall–Kier alpha value is -7.45. The zero-order chi connectivity index (χ0) is 58.6. The number of ether oxygens (including phenoxy) is 4. The van der Waals surface area contributed by atoms with Crippen molar-refractivity contribution in [2.75, 3.05) is 102 Å². The predicted molar refractivity (Wildman–Crippen MR) is 313 cm³/mol. The smallest absolute Gasteiger partial charge is 0.304 e. The minimum Gasteiger partial charge on any atom is -0.494 e. The van der Waals surface area contributed by atoms with Gasteiger partial charge in [-0.15, -0.1) is 5.10 Å². The third-order valence-corrected chi connectivity index (χ3v) is 17.9. The Kier molecular flexibility index (Phi) is 20.4. The number of methoxy groups -OCH3 is 1. The average molecular weight is 1180 g/mol. The van der Waals surface area contributed by atoms with Gasteiger partial charge in [0, 0.05) is 70.7 Å². The van der Waals surface area contributed by atoms with Gasteiger partial charge in [-0.05, 0) is 116 Å². The van der Waals surface area contributed by atoms with Gasteiger partial charge in [0.2, 0.25) is 21.9 Å². The molecule has 7 aromatic rings. The van der Waals surface area contributed by atoms with E-state index in [0.717, 1.165) is 43.1 Å². The van der Waals surface area contributed by atoms with Gasteiger partial charge in [-0.2, -0.15) is 4.98 Å². The molecule has 0 bridgehead atoms. The number of sulfone groups is 1. The summed E-state index contributed by atoms with van der Waals surface area (Å²) in [5.74, 6) is -0.0434. The van der Waals surface area contributed by atoms with Crippen molar-refractivity contribution in [1.29, 1.82) is 0 Å². The van der Waals surface area contributed by atoms with Crippen molar-refractivity contribution in [1.82, 2.24) is 39.5 Å².